The van der Waals surface area contributed by atoms with E-state index in [-0.39, 0.29) is 6.42 Å². The number of aliphatic hydroxyl groups excluding tert-OH is 1. The molecular weight excluding hydrogens is 468 g/mol. The lowest BCUT2D eigenvalue weighted by Gasteiger charge is -2.66. The van der Waals surface area contributed by atoms with Crippen LogP contribution in [0.1, 0.15) is 53.9 Å². The molecule has 3 heterocycles. The van der Waals surface area contributed by atoms with E-state index in [4.69, 9.17) is 30.5 Å². The predicted molar refractivity (Wildman–Crippen MR) is 119 cm³/mol. The molecule has 0 aromatic carbocycles. The predicted octanol–water partition coefficient (Wildman–Crippen LogP) is 1.64. The molecule has 9 nitrogen and oxygen atoms in total. The van der Waals surface area contributed by atoms with E-state index < -0.39 is 82.3 Å². The fraction of sp³-hybridized carbons (Fsp3) is 0.792. The van der Waals surface area contributed by atoms with E-state index in [0.717, 1.165) is 0 Å². The molecule has 4 aliphatic rings. The molecule has 0 aromatic rings. The molecule has 1 saturated carbocycles. The van der Waals surface area contributed by atoms with Gasteiger partial charge in [-0.3, -0.25) is 14.4 Å². The van der Waals surface area contributed by atoms with Crippen molar-refractivity contribution in [3.63, 3.8) is 0 Å². The molecule has 2 bridgehead atoms. The second-order valence-corrected chi connectivity index (χ2v) is 11.1. The van der Waals surface area contributed by atoms with Crippen molar-refractivity contribution in [3.05, 3.63) is 12.2 Å². The molecule has 4 fully saturated rings. The first-order valence-electron chi connectivity index (χ1n) is 11.6. The Bertz CT molecular complexity index is 918. The maximum absolute atomic E-state index is 12.9. The number of ether oxygens (including phenoxy) is 4. The molecule has 1 spiro atoms. The van der Waals surface area contributed by atoms with Gasteiger partial charge in [-0.2, -0.15) is 0 Å². The Morgan fingerprint density at radius 1 is 1.21 bits per heavy atom. The molecule has 0 aromatic heterocycles. The minimum absolute atomic E-state index is 0.0350. The molecule has 190 valence electrons. The summed E-state index contributed by atoms with van der Waals surface area (Å²) in [5, 5.41) is 21.9. The average molecular weight is 501 g/mol. The van der Waals surface area contributed by atoms with Crippen LogP contribution < -0.4 is 0 Å². The van der Waals surface area contributed by atoms with Gasteiger partial charge in [0.25, 0.3) is 0 Å². The minimum Gasteiger partial charge on any atom is -0.462 e. The first kappa shape index (κ1) is 25.4. The molecule has 0 radical (unpaired) electrons. The third kappa shape index (κ3) is 3.34. The normalized spacial score (nSPS) is 50.2. The lowest BCUT2D eigenvalue weighted by Crippen LogP contribution is -2.79. The van der Waals surface area contributed by atoms with Crippen LogP contribution in [0.15, 0.2) is 12.2 Å². The fourth-order valence-corrected chi connectivity index (χ4v) is 7.20. The highest BCUT2D eigenvalue weighted by atomic mass is 35.5. The van der Waals surface area contributed by atoms with E-state index in [0.29, 0.717) is 18.4 Å². The second kappa shape index (κ2) is 8.18. The van der Waals surface area contributed by atoms with Gasteiger partial charge in [-0.1, -0.05) is 19.1 Å². The van der Waals surface area contributed by atoms with Crippen LogP contribution >= 0.6 is 11.6 Å². The summed E-state index contributed by atoms with van der Waals surface area (Å²) in [6, 6.07) is 0. The zero-order valence-electron chi connectivity index (χ0n) is 20.1. The Kier molecular flexibility index (Phi) is 6.12. The van der Waals surface area contributed by atoms with E-state index in [1.165, 1.54) is 20.8 Å². The summed E-state index contributed by atoms with van der Waals surface area (Å²) in [6.45, 7) is 11.5. The number of rotatable bonds is 2. The van der Waals surface area contributed by atoms with Crippen molar-refractivity contribution in [1.82, 2.24) is 0 Å². The van der Waals surface area contributed by atoms with E-state index in [2.05, 4.69) is 6.58 Å². The highest BCUT2D eigenvalue weighted by Crippen LogP contribution is 2.63. The number of fused-ring (bicyclic) bond motifs is 3. The number of hydrogen-bond donors (Lipinski definition) is 2. The number of hydrogen-bond acceptors (Lipinski definition) is 9. The molecule has 2 N–H and O–H groups in total. The first-order valence-corrected chi connectivity index (χ1v) is 12.1. The van der Waals surface area contributed by atoms with Crippen LogP contribution in [0.4, 0.5) is 0 Å². The molecule has 11 atom stereocenters. The fourth-order valence-electron chi connectivity index (χ4n) is 6.84. The molecule has 1 aliphatic carbocycles. The summed E-state index contributed by atoms with van der Waals surface area (Å²) in [5.74, 6) is -3.67. The summed E-state index contributed by atoms with van der Waals surface area (Å²) in [6.07, 6.45) is -4.29. The standard InChI is InChI=1S/C24H33ClO9/c1-10-7-8-15-22(5)16(31-12(3)26)9-14(28)23(6,30)18(22)20(32-13(4)27)24(34-15)11(2)21(29)33-19(24)17(10)25/h11,14-20,28,30H,1,7-9H2,2-6H3. The maximum Gasteiger partial charge on any atom is 0.312 e. The molecule has 0 amide bonds. The molecule has 4 rings (SSSR count). The highest BCUT2D eigenvalue weighted by molar-refractivity contribution is 6.23. The average Bonchev–Trinajstić information content (AvgIpc) is 2.96. The Morgan fingerprint density at radius 3 is 2.41 bits per heavy atom. The zero-order valence-corrected chi connectivity index (χ0v) is 20.8. The van der Waals surface area contributed by atoms with Gasteiger partial charge in [-0.15, -0.1) is 11.6 Å². The smallest absolute Gasteiger partial charge is 0.312 e. The van der Waals surface area contributed by atoms with Gasteiger partial charge < -0.3 is 29.2 Å². The van der Waals surface area contributed by atoms with Gasteiger partial charge >= 0.3 is 17.9 Å². The van der Waals surface area contributed by atoms with Crippen molar-refractivity contribution >= 4 is 29.5 Å². The third-order valence-electron chi connectivity index (χ3n) is 8.60. The number of carbonyl (C=O) groups is 3. The van der Waals surface area contributed by atoms with Gasteiger partial charge in [0, 0.05) is 31.6 Å². The summed E-state index contributed by atoms with van der Waals surface area (Å²) in [4.78, 5) is 37.3. The zero-order chi connectivity index (χ0) is 25.4. The summed E-state index contributed by atoms with van der Waals surface area (Å²) in [5.41, 5.74) is -3.78. The quantitative estimate of drug-likeness (QED) is 0.251. The number of carbonyl (C=O) groups excluding carboxylic acids is 3. The molecule has 10 heteroatoms. The SMILES string of the molecule is C=C1CCC2OC3(C(C)C(=O)OC3C1Cl)C(OC(C)=O)C1C(C)(O)C(O)CC(OC(C)=O)C21C. The second-order valence-electron chi connectivity index (χ2n) is 10.6. The monoisotopic (exact) mass is 500 g/mol. The van der Waals surface area contributed by atoms with Gasteiger partial charge in [0.15, 0.2) is 11.7 Å². The molecule has 3 aliphatic heterocycles. The lowest BCUT2D eigenvalue weighted by atomic mass is 9.49. The topological polar surface area (TPSA) is 129 Å². The highest BCUT2D eigenvalue weighted by Gasteiger charge is 2.78. The van der Waals surface area contributed by atoms with Crippen molar-refractivity contribution in [2.75, 3.05) is 0 Å². The first-order chi connectivity index (χ1) is 15.7. The van der Waals surface area contributed by atoms with Gasteiger partial charge in [0.2, 0.25) is 0 Å². The summed E-state index contributed by atoms with van der Waals surface area (Å²) in [7, 11) is 0. The van der Waals surface area contributed by atoms with Crippen LogP contribution in [0.2, 0.25) is 0 Å². The van der Waals surface area contributed by atoms with Gasteiger partial charge in [-0.05, 0) is 26.7 Å². The van der Waals surface area contributed by atoms with Crippen molar-refractivity contribution in [2.45, 2.75) is 101 Å². The summed E-state index contributed by atoms with van der Waals surface area (Å²) >= 11 is 6.75. The Hall–Kier alpha value is -1.68. The largest absolute Gasteiger partial charge is 0.462 e. The molecule has 3 saturated heterocycles. The molecule has 34 heavy (non-hydrogen) atoms. The van der Waals surface area contributed by atoms with Crippen LogP contribution in [-0.4, -0.2) is 75.2 Å². The van der Waals surface area contributed by atoms with Crippen molar-refractivity contribution in [1.29, 1.82) is 0 Å². The van der Waals surface area contributed by atoms with Crippen molar-refractivity contribution < 1.29 is 43.5 Å². The van der Waals surface area contributed by atoms with Crippen LogP contribution in [0.25, 0.3) is 0 Å². The number of esters is 3. The maximum atomic E-state index is 12.9. The van der Waals surface area contributed by atoms with Crippen LogP contribution in [0.5, 0.6) is 0 Å². The number of aliphatic hydroxyl groups is 2. The van der Waals surface area contributed by atoms with Gasteiger partial charge in [-0.25, -0.2) is 0 Å². The van der Waals surface area contributed by atoms with Crippen molar-refractivity contribution in [3.8, 4) is 0 Å². The van der Waals surface area contributed by atoms with E-state index in [1.807, 2.05) is 0 Å². The van der Waals surface area contributed by atoms with E-state index >= 15 is 0 Å². The van der Waals surface area contributed by atoms with Gasteiger partial charge in [0.05, 0.1) is 29.1 Å². The minimum atomic E-state index is -1.78. The Balaban J connectivity index is 2.00. The van der Waals surface area contributed by atoms with Crippen LogP contribution in [0.3, 0.4) is 0 Å². The Morgan fingerprint density at radius 2 is 1.82 bits per heavy atom. The van der Waals surface area contributed by atoms with Crippen LogP contribution in [0, 0.1) is 17.3 Å². The number of halogens is 1. The number of alkyl halides is 1. The van der Waals surface area contributed by atoms with Gasteiger partial charge in [0.1, 0.15) is 12.2 Å². The van der Waals surface area contributed by atoms with E-state index in [9.17, 15) is 24.6 Å². The third-order valence-corrected chi connectivity index (χ3v) is 9.13. The Labute approximate surface area is 203 Å². The summed E-state index contributed by atoms with van der Waals surface area (Å²) < 4.78 is 24.0. The lowest BCUT2D eigenvalue weighted by molar-refractivity contribution is -0.355. The van der Waals surface area contributed by atoms with Crippen molar-refractivity contribution in [2.24, 2.45) is 17.3 Å². The van der Waals surface area contributed by atoms with E-state index in [1.54, 1.807) is 13.8 Å². The molecule has 11 unspecified atom stereocenters. The van der Waals surface area contributed by atoms with Crippen LogP contribution in [-0.2, 0) is 33.3 Å². The molecular formula is C24H33ClO9.